The van der Waals surface area contributed by atoms with Gasteiger partial charge in [0.2, 0.25) is 5.03 Å². The third kappa shape index (κ3) is 4.37. The minimum Gasteiger partial charge on any atom is -0.493 e. The van der Waals surface area contributed by atoms with Gasteiger partial charge in [0, 0.05) is 6.20 Å². The Bertz CT molecular complexity index is 1290. The van der Waals surface area contributed by atoms with Crippen LogP contribution in [0.15, 0.2) is 71.9 Å². The molecule has 0 radical (unpaired) electrons. The predicted octanol–water partition coefficient (Wildman–Crippen LogP) is 3.24. The molecule has 2 aromatic carbocycles. The standard InChI is InChI=1S/C22H22N4O4S/c1-29-19-11-10-16(14-20(19)30-2)18(13-15-7-4-3-5-8-15)26-31(27,28)22-17-9-6-12-23-21(17)24-25-22/h3-12,14,18,26H,13H2,1-2H3,(H,23,24,25). The number of H-pyrrole nitrogens is 1. The van der Waals surface area contributed by atoms with Crippen LogP contribution in [0, 0.1) is 0 Å². The fourth-order valence-corrected chi connectivity index (χ4v) is 4.75. The number of nitrogens with one attached hydrogen (secondary N) is 2. The molecule has 0 fully saturated rings. The molecule has 9 heteroatoms. The highest BCUT2D eigenvalue weighted by Crippen LogP contribution is 2.32. The number of aromatic amines is 1. The van der Waals surface area contributed by atoms with Crippen LogP contribution in [0.5, 0.6) is 11.5 Å². The molecular weight excluding hydrogens is 416 g/mol. The van der Waals surface area contributed by atoms with Crippen molar-refractivity contribution in [2.24, 2.45) is 0 Å². The van der Waals surface area contributed by atoms with Crippen LogP contribution in [0.25, 0.3) is 11.0 Å². The second-order valence-electron chi connectivity index (χ2n) is 6.91. The molecule has 2 N–H and O–H groups in total. The fourth-order valence-electron chi connectivity index (χ4n) is 3.43. The fraction of sp³-hybridized carbons (Fsp3) is 0.182. The van der Waals surface area contributed by atoms with Crippen molar-refractivity contribution in [3.63, 3.8) is 0 Å². The molecule has 0 bridgehead atoms. The first kappa shape index (κ1) is 20.8. The number of fused-ring (bicyclic) bond motifs is 1. The van der Waals surface area contributed by atoms with Crippen LogP contribution in [0.1, 0.15) is 17.2 Å². The Morgan fingerprint density at radius 3 is 2.52 bits per heavy atom. The summed E-state index contributed by atoms with van der Waals surface area (Å²) in [5.74, 6) is 1.09. The van der Waals surface area contributed by atoms with Crippen molar-refractivity contribution in [1.29, 1.82) is 0 Å². The van der Waals surface area contributed by atoms with Crippen LogP contribution in [-0.4, -0.2) is 37.8 Å². The highest BCUT2D eigenvalue weighted by molar-refractivity contribution is 7.89. The number of rotatable bonds is 8. The molecule has 2 aromatic heterocycles. The molecular formula is C22H22N4O4S. The monoisotopic (exact) mass is 438 g/mol. The van der Waals surface area contributed by atoms with Crippen LogP contribution >= 0.6 is 0 Å². The number of pyridine rings is 1. The molecule has 8 nitrogen and oxygen atoms in total. The maximum absolute atomic E-state index is 13.3. The molecule has 4 rings (SSSR count). The zero-order valence-electron chi connectivity index (χ0n) is 17.1. The molecule has 2 heterocycles. The Balaban J connectivity index is 1.74. The van der Waals surface area contributed by atoms with E-state index in [2.05, 4.69) is 19.9 Å². The van der Waals surface area contributed by atoms with Gasteiger partial charge in [-0.15, -0.1) is 0 Å². The summed E-state index contributed by atoms with van der Waals surface area (Å²) in [4.78, 5) is 4.12. The van der Waals surface area contributed by atoms with Gasteiger partial charge < -0.3 is 9.47 Å². The topological polar surface area (TPSA) is 106 Å². The molecule has 0 saturated heterocycles. The zero-order valence-corrected chi connectivity index (χ0v) is 17.9. The summed E-state index contributed by atoms with van der Waals surface area (Å²) in [5, 5.41) is 7.02. The first-order chi connectivity index (χ1) is 15.0. The van der Waals surface area contributed by atoms with Crippen molar-refractivity contribution < 1.29 is 17.9 Å². The first-order valence-electron chi connectivity index (χ1n) is 9.59. The van der Waals surface area contributed by atoms with Gasteiger partial charge in [-0.3, -0.25) is 5.10 Å². The average molecular weight is 439 g/mol. The third-order valence-electron chi connectivity index (χ3n) is 4.95. The Hall–Kier alpha value is -3.43. The van der Waals surface area contributed by atoms with Crippen molar-refractivity contribution in [2.45, 2.75) is 17.5 Å². The van der Waals surface area contributed by atoms with Crippen molar-refractivity contribution in [3.05, 3.63) is 78.0 Å². The van der Waals surface area contributed by atoms with E-state index in [1.54, 1.807) is 44.7 Å². The van der Waals surface area contributed by atoms with Gasteiger partial charge in [0.15, 0.2) is 17.1 Å². The van der Waals surface area contributed by atoms with Gasteiger partial charge in [0.05, 0.1) is 25.6 Å². The lowest BCUT2D eigenvalue weighted by Gasteiger charge is -2.20. The van der Waals surface area contributed by atoms with E-state index in [0.717, 1.165) is 11.1 Å². The van der Waals surface area contributed by atoms with Gasteiger partial charge in [-0.2, -0.15) is 5.10 Å². The van der Waals surface area contributed by atoms with Gasteiger partial charge in [0.25, 0.3) is 10.0 Å². The summed E-state index contributed by atoms with van der Waals surface area (Å²) in [6, 6.07) is 17.8. The zero-order chi connectivity index (χ0) is 21.8. The van der Waals surface area contributed by atoms with E-state index >= 15 is 0 Å². The number of hydrogen-bond acceptors (Lipinski definition) is 6. The summed E-state index contributed by atoms with van der Waals surface area (Å²) < 4.78 is 40.1. The lowest BCUT2D eigenvalue weighted by atomic mass is 9.99. The minimum atomic E-state index is -3.95. The maximum Gasteiger partial charge on any atom is 0.261 e. The molecule has 31 heavy (non-hydrogen) atoms. The van der Waals surface area contributed by atoms with Gasteiger partial charge >= 0.3 is 0 Å². The van der Waals surface area contributed by atoms with Crippen LogP contribution in [0.2, 0.25) is 0 Å². The largest absolute Gasteiger partial charge is 0.493 e. The van der Waals surface area contributed by atoms with Crippen LogP contribution in [0.4, 0.5) is 0 Å². The van der Waals surface area contributed by atoms with Crippen LogP contribution < -0.4 is 14.2 Å². The van der Waals surface area contributed by atoms with E-state index in [1.807, 2.05) is 36.4 Å². The minimum absolute atomic E-state index is 0.0888. The number of methoxy groups -OCH3 is 2. The van der Waals surface area contributed by atoms with Gasteiger partial charge in [-0.1, -0.05) is 36.4 Å². The van der Waals surface area contributed by atoms with Crippen molar-refractivity contribution in [3.8, 4) is 11.5 Å². The summed E-state index contributed by atoms with van der Waals surface area (Å²) in [6.07, 6.45) is 2.02. The van der Waals surface area contributed by atoms with E-state index in [0.29, 0.717) is 29.0 Å². The smallest absolute Gasteiger partial charge is 0.261 e. The molecule has 4 aromatic rings. The van der Waals surface area contributed by atoms with Crippen LogP contribution in [0.3, 0.4) is 0 Å². The van der Waals surface area contributed by atoms with Gasteiger partial charge in [-0.05, 0) is 41.8 Å². The Labute approximate surface area is 180 Å². The molecule has 0 aliphatic carbocycles. The number of aromatic nitrogens is 3. The lowest BCUT2D eigenvalue weighted by Crippen LogP contribution is -2.30. The van der Waals surface area contributed by atoms with E-state index in [9.17, 15) is 8.42 Å². The molecule has 0 aliphatic heterocycles. The van der Waals surface area contributed by atoms with Gasteiger partial charge in [0.1, 0.15) is 0 Å². The summed E-state index contributed by atoms with van der Waals surface area (Å²) in [6.45, 7) is 0. The summed E-state index contributed by atoms with van der Waals surface area (Å²) in [7, 11) is -0.854. The summed E-state index contributed by atoms with van der Waals surface area (Å²) in [5.41, 5.74) is 2.13. The number of nitrogens with zero attached hydrogens (tertiary/aromatic N) is 2. The molecule has 0 saturated carbocycles. The third-order valence-corrected chi connectivity index (χ3v) is 6.36. The Morgan fingerprint density at radius 2 is 1.77 bits per heavy atom. The number of hydrogen-bond donors (Lipinski definition) is 2. The second kappa shape index (κ2) is 8.75. The number of sulfonamides is 1. The molecule has 1 unspecified atom stereocenters. The van der Waals surface area contributed by atoms with E-state index in [-0.39, 0.29) is 5.03 Å². The molecule has 160 valence electrons. The van der Waals surface area contributed by atoms with E-state index < -0.39 is 16.1 Å². The van der Waals surface area contributed by atoms with Crippen molar-refractivity contribution >= 4 is 21.1 Å². The van der Waals surface area contributed by atoms with Crippen LogP contribution in [-0.2, 0) is 16.4 Å². The number of ether oxygens (including phenoxy) is 2. The maximum atomic E-state index is 13.3. The molecule has 0 amide bonds. The summed E-state index contributed by atoms with van der Waals surface area (Å²) >= 11 is 0. The normalized spacial score (nSPS) is 12.6. The first-order valence-corrected chi connectivity index (χ1v) is 11.1. The highest BCUT2D eigenvalue weighted by Gasteiger charge is 2.27. The quantitative estimate of drug-likeness (QED) is 0.437. The Kier molecular flexibility index (Phi) is 5.88. The number of benzene rings is 2. The second-order valence-corrected chi connectivity index (χ2v) is 8.54. The SMILES string of the molecule is COc1ccc(C(Cc2ccccc2)NS(=O)(=O)c2n[nH]c3ncccc23)cc1OC. The molecule has 1 atom stereocenters. The van der Waals surface area contributed by atoms with Crippen molar-refractivity contribution in [1.82, 2.24) is 19.9 Å². The Morgan fingerprint density at radius 1 is 1.00 bits per heavy atom. The highest BCUT2D eigenvalue weighted by atomic mass is 32.2. The van der Waals surface area contributed by atoms with E-state index in [4.69, 9.17) is 9.47 Å². The predicted molar refractivity (Wildman–Crippen MR) is 117 cm³/mol. The van der Waals surface area contributed by atoms with Gasteiger partial charge in [-0.25, -0.2) is 18.1 Å². The lowest BCUT2D eigenvalue weighted by molar-refractivity contribution is 0.354. The van der Waals surface area contributed by atoms with Crippen molar-refractivity contribution in [2.75, 3.05) is 14.2 Å². The molecule has 0 spiro atoms. The molecule has 0 aliphatic rings. The average Bonchev–Trinajstić information content (AvgIpc) is 3.24. The van der Waals surface area contributed by atoms with E-state index in [1.165, 1.54) is 0 Å².